The highest BCUT2D eigenvalue weighted by atomic mass is 16.1. The van der Waals surface area contributed by atoms with Crippen molar-refractivity contribution in [1.82, 2.24) is 5.32 Å². The van der Waals surface area contributed by atoms with Gasteiger partial charge in [-0.2, -0.15) is 5.26 Å². The first-order valence-electron chi connectivity index (χ1n) is 4.81. The molecule has 0 saturated heterocycles. The van der Waals surface area contributed by atoms with Crippen LogP contribution in [0.25, 0.3) is 0 Å². The van der Waals surface area contributed by atoms with E-state index in [0.717, 1.165) is 5.56 Å². The van der Waals surface area contributed by atoms with Gasteiger partial charge in [0.15, 0.2) is 0 Å². The van der Waals surface area contributed by atoms with Gasteiger partial charge in [-0.05, 0) is 31.0 Å². The molecule has 0 saturated carbocycles. The van der Waals surface area contributed by atoms with Crippen molar-refractivity contribution >= 4 is 5.91 Å². The van der Waals surface area contributed by atoms with Crippen LogP contribution in [0, 0.1) is 18.3 Å². The molecule has 0 fully saturated rings. The molecule has 1 aromatic carbocycles. The van der Waals surface area contributed by atoms with Gasteiger partial charge in [-0.25, -0.2) is 0 Å². The topological polar surface area (TPSA) is 52.9 Å². The molecule has 0 aliphatic carbocycles. The molecule has 1 radical (unpaired) electrons. The van der Waals surface area contributed by atoms with Gasteiger partial charge < -0.3 is 5.32 Å². The van der Waals surface area contributed by atoms with Gasteiger partial charge in [-0.15, -0.1) is 0 Å². The van der Waals surface area contributed by atoms with Gasteiger partial charge in [-0.1, -0.05) is 12.1 Å². The summed E-state index contributed by atoms with van der Waals surface area (Å²) in [5, 5.41) is 11.2. The molecule has 1 aromatic rings. The molecule has 0 aliphatic rings. The summed E-state index contributed by atoms with van der Waals surface area (Å²) in [6.45, 7) is 3.96. The number of carbonyl (C=O) groups is 1. The van der Waals surface area contributed by atoms with Crippen molar-refractivity contribution in [3.8, 4) is 6.07 Å². The van der Waals surface area contributed by atoms with Crippen molar-refractivity contribution in [2.24, 2.45) is 0 Å². The largest absolute Gasteiger partial charge is 0.356 e. The minimum Gasteiger partial charge on any atom is -0.356 e. The zero-order valence-corrected chi connectivity index (χ0v) is 8.49. The molecule has 0 aliphatic heterocycles. The van der Waals surface area contributed by atoms with Crippen LogP contribution in [-0.4, -0.2) is 12.5 Å². The van der Waals surface area contributed by atoms with Gasteiger partial charge in [0.25, 0.3) is 0 Å². The van der Waals surface area contributed by atoms with E-state index in [1.807, 2.05) is 12.1 Å². The summed E-state index contributed by atoms with van der Waals surface area (Å²) in [7, 11) is 0. The fourth-order valence-electron chi connectivity index (χ4n) is 1.23. The fraction of sp³-hybridized carbons (Fsp3) is 0.250. The number of hydrogen-bond acceptors (Lipinski definition) is 2. The van der Waals surface area contributed by atoms with E-state index in [0.29, 0.717) is 24.9 Å². The lowest BCUT2D eigenvalue weighted by molar-refractivity contribution is -0.120. The van der Waals surface area contributed by atoms with E-state index in [1.165, 1.54) is 0 Å². The highest BCUT2D eigenvalue weighted by molar-refractivity contribution is 5.76. The zero-order chi connectivity index (χ0) is 11.1. The molecule has 77 valence electrons. The number of aryl methyl sites for hydroxylation is 1. The SMILES string of the molecule is [CH2]CNC(=O)CCc1ccc(C#N)cc1. The number of nitriles is 1. The Balaban J connectivity index is 2.45. The molecule has 0 unspecified atom stereocenters. The Morgan fingerprint density at radius 2 is 2.07 bits per heavy atom. The van der Waals surface area contributed by atoms with Crippen molar-refractivity contribution in [1.29, 1.82) is 5.26 Å². The molecule has 0 bridgehead atoms. The van der Waals surface area contributed by atoms with E-state index >= 15 is 0 Å². The predicted octanol–water partition coefficient (Wildman–Crippen LogP) is 1.44. The molecule has 0 heterocycles. The second kappa shape index (κ2) is 5.82. The van der Waals surface area contributed by atoms with E-state index in [-0.39, 0.29) is 5.91 Å². The Morgan fingerprint density at radius 3 is 2.60 bits per heavy atom. The predicted molar refractivity (Wildman–Crippen MR) is 57.8 cm³/mol. The third-order valence-electron chi connectivity index (χ3n) is 2.05. The molecule has 15 heavy (non-hydrogen) atoms. The highest BCUT2D eigenvalue weighted by Crippen LogP contribution is 2.05. The average Bonchev–Trinajstić information content (AvgIpc) is 2.27. The van der Waals surface area contributed by atoms with Crippen LogP contribution in [0.5, 0.6) is 0 Å². The van der Waals surface area contributed by atoms with Crippen molar-refractivity contribution in [3.05, 3.63) is 42.3 Å². The quantitative estimate of drug-likeness (QED) is 0.801. The Hall–Kier alpha value is -1.82. The van der Waals surface area contributed by atoms with Crippen molar-refractivity contribution < 1.29 is 4.79 Å². The van der Waals surface area contributed by atoms with E-state index in [2.05, 4.69) is 18.3 Å². The van der Waals surface area contributed by atoms with E-state index < -0.39 is 0 Å². The summed E-state index contributed by atoms with van der Waals surface area (Å²) < 4.78 is 0. The van der Waals surface area contributed by atoms with Crippen molar-refractivity contribution in [2.75, 3.05) is 6.54 Å². The normalized spacial score (nSPS) is 9.33. The smallest absolute Gasteiger partial charge is 0.220 e. The van der Waals surface area contributed by atoms with Crippen molar-refractivity contribution in [3.63, 3.8) is 0 Å². The average molecular weight is 201 g/mol. The number of nitrogens with one attached hydrogen (secondary N) is 1. The second-order valence-corrected chi connectivity index (χ2v) is 3.16. The molecule has 1 amide bonds. The van der Waals surface area contributed by atoms with E-state index in [1.54, 1.807) is 12.1 Å². The lowest BCUT2D eigenvalue weighted by Crippen LogP contribution is -2.22. The maximum Gasteiger partial charge on any atom is 0.220 e. The van der Waals surface area contributed by atoms with Crippen LogP contribution in [0.3, 0.4) is 0 Å². The number of hydrogen-bond donors (Lipinski definition) is 1. The van der Waals surface area contributed by atoms with Crippen LogP contribution in [0.1, 0.15) is 17.5 Å². The maximum absolute atomic E-state index is 11.1. The van der Waals surface area contributed by atoms with Crippen LogP contribution in [0.2, 0.25) is 0 Å². The van der Waals surface area contributed by atoms with Gasteiger partial charge in [0, 0.05) is 13.0 Å². The number of amides is 1. The fourth-order valence-corrected chi connectivity index (χ4v) is 1.23. The minimum absolute atomic E-state index is 0.00867. The summed E-state index contributed by atoms with van der Waals surface area (Å²) in [6.07, 6.45) is 1.15. The van der Waals surface area contributed by atoms with Gasteiger partial charge in [-0.3, -0.25) is 4.79 Å². The molecule has 0 atom stereocenters. The summed E-state index contributed by atoms with van der Waals surface area (Å²) in [6, 6.07) is 9.31. The summed E-state index contributed by atoms with van der Waals surface area (Å²) in [4.78, 5) is 11.1. The van der Waals surface area contributed by atoms with E-state index in [4.69, 9.17) is 5.26 Å². The molecular weight excluding hydrogens is 188 g/mol. The molecule has 1 N–H and O–H groups in total. The maximum atomic E-state index is 11.1. The van der Waals surface area contributed by atoms with Gasteiger partial charge >= 0.3 is 0 Å². The first-order valence-corrected chi connectivity index (χ1v) is 4.81. The minimum atomic E-state index is 0.00867. The molecular formula is C12H13N2O. The Bertz CT molecular complexity index is 362. The molecule has 1 rings (SSSR count). The summed E-state index contributed by atoms with van der Waals surface area (Å²) in [5.74, 6) is 0.00867. The highest BCUT2D eigenvalue weighted by Gasteiger charge is 2.00. The third kappa shape index (κ3) is 3.82. The van der Waals surface area contributed by atoms with E-state index in [9.17, 15) is 4.79 Å². The lowest BCUT2D eigenvalue weighted by atomic mass is 10.1. The first kappa shape index (κ1) is 11.3. The Morgan fingerprint density at radius 1 is 1.40 bits per heavy atom. The van der Waals surface area contributed by atoms with Crippen LogP contribution in [0.15, 0.2) is 24.3 Å². The Kier molecular flexibility index (Phi) is 4.36. The number of rotatable bonds is 4. The first-order chi connectivity index (χ1) is 7.26. The van der Waals surface area contributed by atoms with Crippen LogP contribution in [-0.2, 0) is 11.2 Å². The second-order valence-electron chi connectivity index (χ2n) is 3.16. The lowest BCUT2D eigenvalue weighted by Gasteiger charge is -2.02. The number of carbonyl (C=O) groups excluding carboxylic acids is 1. The van der Waals surface area contributed by atoms with Crippen LogP contribution < -0.4 is 5.32 Å². The summed E-state index contributed by atoms with van der Waals surface area (Å²) >= 11 is 0. The molecule has 3 nitrogen and oxygen atoms in total. The zero-order valence-electron chi connectivity index (χ0n) is 8.49. The molecule has 0 aromatic heterocycles. The monoisotopic (exact) mass is 201 g/mol. The number of nitrogens with zero attached hydrogens (tertiary/aromatic N) is 1. The van der Waals surface area contributed by atoms with Crippen LogP contribution in [0.4, 0.5) is 0 Å². The summed E-state index contributed by atoms with van der Waals surface area (Å²) in [5.41, 5.74) is 1.70. The number of benzene rings is 1. The van der Waals surface area contributed by atoms with Gasteiger partial charge in [0.2, 0.25) is 5.91 Å². The standard InChI is InChI=1S/C12H13N2O/c1-2-14-12(15)8-7-10-3-5-11(9-13)6-4-10/h3-6H,1-2,7-8H2,(H,14,15). The third-order valence-corrected chi connectivity index (χ3v) is 2.05. The molecule has 3 heteroatoms. The van der Waals surface area contributed by atoms with Crippen molar-refractivity contribution in [2.45, 2.75) is 12.8 Å². The van der Waals surface area contributed by atoms with Crippen LogP contribution >= 0.6 is 0 Å². The molecule has 0 spiro atoms. The van der Waals surface area contributed by atoms with Gasteiger partial charge in [0.05, 0.1) is 11.6 Å². The van der Waals surface area contributed by atoms with Gasteiger partial charge in [0.1, 0.15) is 0 Å². The Labute approximate surface area is 89.7 Å².